The molecule has 2 aliphatic rings. The van der Waals surface area contributed by atoms with Gasteiger partial charge in [0.2, 0.25) is 5.91 Å². The van der Waals surface area contributed by atoms with Gasteiger partial charge in [-0.15, -0.1) is 0 Å². The number of hydrogen-bond acceptors (Lipinski definition) is 3. The number of likely N-dealkylation sites (tertiary alicyclic amines) is 1. The molecule has 5 heteroatoms. The van der Waals surface area contributed by atoms with Crippen molar-refractivity contribution in [2.45, 2.75) is 44.6 Å². The Kier molecular flexibility index (Phi) is 4.58. The smallest absolute Gasteiger partial charge is 0.326 e. The summed E-state index contributed by atoms with van der Waals surface area (Å²) < 4.78 is 0. The maximum atomic E-state index is 12.0. The van der Waals surface area contributed by atoms with Crippen LogP contribution < -0.4 is 5.32 Å². The molecule has 0 aliphatic carbocycles. The predicted molar refractivity (Wildman–Crippen MR) is 67.2 cm³/mol. The number of hydrogen-bond donors (Lipinski definition) is 2. The molecule has 1 unspecified atom stereocenters. The first-order valence-corrected chi connectivity index (χ1v) is 6.91. The van der Waals surface area contributed by atoms with Gasteiger partial charge in [-0.2, -0.15) is 0 Å². The van der Waals surface area contributed by atoms with Crippen molar-refractivity contribution in [2.24, 2.45) is 5.92 Å². The molecule has 0 radical (unpaired) electrons. The van der Waals surface area contributed by atoms with E-state index >= 15 is 0 Å². The lowest BCUT2D eigenvalue weighted by Gasteiger charge is -2.25. The molecule has 0 spiro atoms. The molecule has 2 fully saturated rings. The average molecular weight is 254 g/mol. The fourth-order valence-corrected chi connectivity index (χ4v) is 2.96. The van der Waals surface area contributed by atoms with Crippen LogP contribution in [0.3, 0.4) is 0 Å². The molecule has 2 rings (SSSR count). The van der Waals surface area contributed by atoms with Crippen LogP contribution in [0.1, 0.15) is 38.5 Å². The van der Waals surface area contributed by atoms with Crippen LogP contribution in [0.4, 0.5) is 0 Å². The summed E-state index contributed by atoms with van der Waals surface area (Å²) in [6, 6.07) is -0.578. The molecule has 2 saturated heterocycles. The van der Waals surface area contributed by atoms with E-state index in [1.54, 1.807) is 4.90 Å². The third-order valence-corrected chi connectivity index (χ3v) is 4.08. The van der Waals surface area contributed by atoms with E-state index in [0.717, 1.165) is 38.8 Å². The fourth-order valence-electron chi connectivity index (χ4n) is 2.96. The Morgan fingerprint density at radius 2 is 1.94 bits per heavy atom. The third-order valence-electron chi connectivity index (χ3n) is 4.08. The number of aliphatic carboxylic acids is 1. The van der Waals surface area contributed by atoms with Gasteiger partial charge in [0.15, 0.2) is 0 Å². The second kappa shape index (κ2) is 6.18. The van der Waals surface area contributed by atoms with Crippen LogP contribution in [-0.2, 0) is 9.59 Å². The Morgan fingerprint density at radius 3 is 2.61 bits per heavy atom. The van der Waals surface area contributed by atoms with Gasteiger partial charge in [0, 0.05) is 13.0 Å². The first-order chi connectivity index (χ1) is 8.68. The minimum absolute atomic E-state index is 0.0263. The van der Waals surface area contributed by atoms with Crippen LogP contribution in [0.25, 0.3) is 0 Å². The molecule has 2 N–H and O–H groups in total. The molecule has 102 valence electrons. The first-order valence-electron chi connectivity index (χ1n) is 6.91. The van der Waals surface area contributed by atoms with E-state index < -0.39 is 12.0 Å². The lowest BCUT2D eigenvalue weighted by molar-refractivity contribution is -0.148. The molecule has 18 heavy (non-hydrogen) atoms. The van der Waals surface area contributed by atoms with Gasteiger partial charge in [-0.1, -0.05) is 0 Å². The van der Waals surface area contributed by atoms with Crippen LogP contribution in [-0.4, -0.2) is 47.6 Å². The Labute approximate surface area is 108 Å². The van der Waals surface area contributed by atoms with E-state index in [0.29, 0.717) is 25.3 Å². The van der Waals surface area contributed by atoms with Crippen LogP contribution in [0, 0.1) is 5.92 Å². The minimum atomic E-state index is -0.859. The number of nitrogens with zero attached hydrogens (tertiary/aromatic N) is 1. The van der Waals surface area contributed by atoms with Crippen molar-refractivity contribution in [2.75, 3.05) is 19.6 Å². The molecule has 0 aromatic rings. The van der Waals surface area contributed by atoms with E-state index in [2.05, 4.69) is 5.32 Å². The highest BCUT2D eigenvalue weighted by molar-refractivity contribution is 5.84. The van der Waals surface area contributed by atoms with E-state index in [9.17, 15) is 9.59 Å². The molecule has 5 nitrogen and oxygen atoms in total. The highest BCUT2D eigenvalue weighted by atomic mass is 16.4. The number of nitrogens with one attached hydrogen (secondary N) is 1. The molecular formula is C13H22N2O3. The summed E-state index contributed by atoms with van der Waals surface area (Å²) in [5.74, 6) is -0.206. The quantitative estimate of drug-likeness (QED) is 0.780. The third kappa shape index (κ3) is 3.22. The number of piperidine rings is 1. The van der Waals surface area contributed by atoms with Crippen molar-refractivity contribution in [1.82, 2.24) is 10.2 Å². The summed E-state index contributed by atoms with van der Waals surface area (Å²) in [6.07, 6.45) is 5.10. The molecule has 1 atom stereocenters. The lowest BCUT2D eigenvalue weighted by atomic mass is 9.93. The molecule has 0 aromatic heterocycles. The van der Waals surface area contributed by atoms with Crippen LogP contribution in [0.15, 0.2) is 0 Å². The number of carbonyl (C=O) groups excluding carboxylic acids is 1. The number of carboxylic acids is 1. The Hall–Kier alpha value is -1.10. The van der Waals surface area contributed by atoms with Crippen molar-refractivity contribution < 1.29 is 14.7 Å². The standard InChI is InChI=1S/C13H22N2O3/c16-12(4-3-10-5-7-14-8-6-10)15-9-1-2-11(15)13(17)18/h10-11,14H,1-9H2,(H,17,18). The summed E-state index contributed by atoms with van der Waals surface area (Å²) in [5, 5.41) is 12.4. The van der Waals surface area contributed by atoms with E-state index in [-0.39, 0.29) is 5.91 Å². The monoisotopic (exact) mass is 254 g/mol. The highest BCUT2D eigenvalue weighted by Gasteiger charge is 2.33. The maximum absolute atomic E-state index is 12.0. The molecule has 0 bridgehead atoms. The van der Waals surface area contributed by atoms with Gasteiger partial charge in [-0.05, 0) is 51.1 Å². The topological polar surface area (TPSA) is 69.6 Å². The zero-order valence-electron chi connectivity index (χ0n) is 10.7. The van der Waals surface area contributed by atoms with E-state index in [1.807, 2.05) is 0 Å². The van der Waals surface area contributed by atoms with Crippen molar-refractivity contribution in [3.8, 4) is 0 Å². The number of rotatable bonds is 4. The van der Waals surface area contributed by atoms with Gasteiger partial charge in [0.25, 0.3) is 0 Å². The normalized spacial score (nSPS) is 25.3. The fraction of sp³-hybridized carbons (Fsp3) is 0.846. The average Bonchev–Trinajstić information content (AvgIpc) is 2.86. The number of carbonyl (C=O) groups is 2. The Balaban J connectivity index is 1.78. The van der Waals surface area contributed by atoms with Gasteiger partial charge < -0.3 is 15.3 Å². The minimum Gasteiger partial charge on any atom is -0.480 e. The van der Waals surface area contributed by atoms with Gasteiger partial charge in [0.05, 0.1) is 0 Å². The Bertz CT molecular complexity index is 313. The van der Waals surface area contributed by atoms with Crippen molar-refractivity contribution >= 4 is 11.9 Å². The molecule has 2 aliphatic heterocycles. The Morgan fingerprint density at radius 1 is 1.22 bits per heavy atom. The SMILES string of the molecule is O=C(O)C1CCCN1C(=O)CCC1CCNCC1. The van der Waals surface area contributed by atoms with Crippen LogP contribution in [0.2, 0.25) is 0 Å². The number of carboxylic acid groups (broad SMARTS) is 1. The first kappa shape index (κ1) is 13.3. The maximum Gasteiger partial charge on any atom is 0.326 e. The van der Waals surface area contributed by atoms with Crippen LogP contribution >= 0.6 is 0 Å². The highest BCUT2D eigenvalue weighted by Crippen LogP contribution is 2.22. The van der Waals surface area contributed by atoms with Gasteiger partial charge in [0.1, 0.15) is 6.04 Å². The summed E-state index contributed by atoms with van der Waals surface area (Å²) >= 11 is 0. The van der Waals surface area contributed by atoms with E-state index in [4.69, 9.17) is 5.11 Å². The number of amides is 1. The summed E-state index contributed by atoms with van der Waals surface area (Å²) in [7, 11) is 0. The van der Waals surface area contributed by atoms with Crippen molar-refractivity contribution in [3.63, 3.8) is 0 Å². The molecule has 0 aromatic carbocycles. The second-order valence-corrected chi connectivity index (χ2v) is 5.32. The second-order valence-electron chi connectivity index (χ2n) is 5.32. The van der Waals surface area contributed by atoms with Crippen molar-refractivity contribution in [3.05, 3.63) is 0 Å². The molecule has 2 heterocycles. The van der Waals surface area contributed by atoms with Crippen molar-refractivity contribution in [1.29, 1.82) is 0 Å². The molecular weight excluding hydrogens is 232 g/mol. The lowest BCUT2D eigenvalue weighted by Crippen LogP contribution is -2.40. The zero-order chi connectivity index (χ0) is 13.0. The van der Waals surface area contributed by atoms with Crippen LogP contribution in [0.5, 0.6) is 0 Å². The van der Waals surface area contributed by atoms with Gasteiger partial charge in [-0.3, -0.25) is 4.79 Å². The zero-order valence-corrected chi connectivity index (χ0v) is 10.7. The largest absolute Gasteiger partial charge is 0.480 e. The summed E-state index contributed by atoms with van der Waals surface area (Å²) in [4.78, 5) is 24.6. The summed E-state index contributed by atoms with van der Waals surface area (Å²) in [6.45, 7) is 2.70. The van der Waals surface area contributed by atoms with E-state index in [1.165, 1.54) is 0 Å². The van der Waals surface area contributed by atoms with Gasteiger partial charge in [-0.25, -0.2) is 4.79 Å². The predicted octanol–water partition coefficient (Wildman–Crippen LogP) is 0.842. The molecule has 1 amide bonds. The summed E-state index contributed by atoms with van der Waals surface area (Å²) in [5.41, 5.74) is 0. The molecule has 0 saturated carbocycles. The van der Waals surface area contributed by atoms with Gasteiger partial charge >= 0.3 is 5.97 Å².